The van der Waals surface area contributed by atoms with E-state index in [1.165, 1.54) is 25.1 Å². The lowest BCUT2D eigenvalue weighted by Gasteiger charge is -1.93. The third-order valence-corrected chi connectivity index (χ3v) is 2.81. The van der Waals surface area contributed by atoms with Crippen molar-refractivity contribution in [2.75, 3.05) is 0 Å². The molecule has 0 atom stereocenters. The number of aromatic amines is 2. The number of halogens is 1. The summed E-state index contributed by atoms with van der Waals surface area (Å²) in [6, 6.07) is 3.93. The Morgan fingerprint density at radius 2 is 2.05 bits per heavy atom. The molecule has 0 aliphatic carbocycles. The van der Waals surface area contributed by atoms with E-state index in [-0.39, 0.29) is 23.2 Å². The quantitative estimate of drug-likeness (QED) is 0.626. The number of aryl methyl sites for hydroxylation is 1. The van der Waals surface area contributed by atoms with Gasteiger partial charge in [0.05, 0.1) is 5.52 Å². The first kappa shape index (κ1) is 12.9. The van der Waals surface area contributed by atoms with Crippen LogP contribution in [0, 0.1) is 12.7 Å². The predicted octanol–water partition coefficient (Wildman–Crippen LogP) is 2.21. The second-order valence-corrected chi connectivity index (χ2v) is 4.28. The van der Waals surface area contributed by atoms with Crippen LogP contribution < -0.4 is 5.56 Å². The van der Waals surface area contributed by atoms with Crippen molar-refractivity contribution in [1.29, 1.82) is 0 Å². The van der Waals surface area contributed by atoms with Crippen LogP contribution >= 0.6 is 0 Å². The van der Waals surface area contributed by atoms with E-state index in [1.54, 1.807) is 0 Å². The van der Waals surface area contributed by atoms with E-state index >= 15 is 0 Å². The number of rotatable bonds is 2. The van der Waals surface area contributed by atoms with Crippen molar-refractivity contribution in [3.8, 4) is 5.88 Å². The molecule has 0 aliphatic heterocycles. The molecule has 0 spiro atoms. The Hall–Kier alpha value is -3.10. The van der Waals surface area contributed by atoms with Gasteiger partial charge in [-0.05, 0) is 25.1 Å². The summed E-state index contributed by atoms with van der Waals surface area (Å²) in [6.45, 7) is 1.50. The second-order valence-electron chi connectivity index (χ2n) is 4.28. The number of nitrogens with one attached hydrogen (secondary N) is 2. The number of H-pyrrole nitrogens is 2. The van der Waals surface area contributed by atoms with Gasteiger partial charge < -0.3 is 10.1 Å². The van der Waals surface area contributed by atoms with Crippen LogP contribution in [0.5, 0.6) is 5.88 Å². The summed E-state index contributed by atoms with van der Waals surface area (Å²) in [4.78, 5) is 16.4. The number of azo groups is 1. The molecule has 21 heavy (non-hydrogen) atoms. The molecule has 0 amide bonds. The molecule has 1 aromatic carbocycles. The smallest absolute Gasteiger partial charge is 0.274 e. The van der Waals surface area contributed by atoms with Crippen molar-refractivity contribution in [3.63, 3.8) is 0 Å². The SMILES string of the molecule is Cc1nnc(N=Nc2c(O)[nH]c3ccc(F)cc23)[nH]c1=O. The maximum absolute atomic E-state index is 13.2. The van der Waals surface area contributed by atoms with E-state index in [2.05, 4.69) is 30.4 Å². The zero-order valence-corrected chi connectivity index (χ0v) is 10.8. The summed E-state index contributed by atoms with van der Waals surface area (Å²) in [5.74, 6) is -0.848. The van der Waals surface area contributed by atoms with Gasteiger partial charge in [0, 0.05) is 5.39 Å². The van der Waals surface area contributed by atoms with Crippen LogP contribution in [0.2, 0.25) is 0 Å². The molecule has 2 aromatic heterocycles. The topological polar surface area (TPSA) is 119 Å². The van der Waals surface area contributed by atoms with Gasteiger partial charge in [0.25, 0.3) is 11.5 Å². The minimum Gasteiger partial charge on any atom is -0.493 e. The fourth-order valence-electron chi connectivity index (χ4n) is 1.76. The summed E-state index contributed by atoms with van der Waals surface area (Å²) in [5.41, 5.74) is 0.318. The van der Waals surface area contributed by atoms with E-state index in [0.29, 0.717) is 10.9 Å². The van der Waals surface area contributed by atoms with Crippen molar-refractivity contribution in [2.45, 2.75) is 6.92 Å². The van der Waals surface area contributed by atoms with E-state index in [9.17, 15) is 14.3 Å². The lowest BCUT2D eigenvalue weighted by atomic mass is 10.2. The molecule has 106 valence electrons. The summed E-state index contributed by atoms with van der Waals surface area (Å²) in [6.07, 6.45) is 0. The molecule has 0 unspecified atom stereocenters. The van der Waals surface area contributed by atoms with Crippen molar-refractivity contribution in [2.24, 2.45) is 10.2 Å². The van der Waals surface area contributed by atoms with Crippen LogP contribution in [0.15, 0.2) is 33.2 Å². The van der Waals surface area contributed by atoms with Crippen molar-refractivity contribution in [1.82, 2.24) is 20.2 Å². The standard InChI is InChI=1S/C12H9FN6O2/c1-5-10(20)15-12(18-16-5)19-17-9-7-4-6(13)2-3-8(7)14-11(9)21/h2-4,14,21H,1H3,(H,15,18,20). The maximum Gasteiger partial charge on any atom is 0.274 e. The lowest BCUT2D eigenvalue weighted by molar-refractivity contribution is 0.459. The minimum atomic E-state index is -0.471. The van der Waals surface area contributed by atoms with Crippen molar-refractivity contribution < 1.29 is 9.50 Å². The first-order valence-electron chi connectivity index (χ1n) is 5.90. The largest absolute Gasteiger partial charge is 0.493 e. The minimum absolute atomic E-state index is 0.0488. The molecule has 3 rings (SSSR count). The maximum atomic E-state index is 13.2. The highest BCUT2D eigenvalue weighted by Crippen LogP contribution is 2.36. The Morgan fingerprint density at radius 1 is 1.24 bits per heavy atom. The highest BCUT2D eigenvalue weighted by atomic mass is 19.1. The Morgan fingerprint density at radius 3 is 2.81 bits per heavy atom. The molecule has 0 aliphatic rings. The van der Waals surface area contributed by atoms with E-state index in [1.807, 2.05) is 0 Å². The van der Waals surface area contributed by atoms with Gasteiger partial charge in [-0.2, -0.15) is 0 Å². The van der Waals surface area contributed by atoms with Crippen LogP contribution in [-0.2, 0) is 0 Å². The molecular formula is C12H9FN6O2. The van der Waals surface area contributed by atoms with Gasteiger partial charge in [-0.3, -0.25) is 9.78 Å². The first-order valence-corrected chi connectivity index (χ1v) is 5.90. The third kappa shape index (κ3) is 2.36. The Kier molecular flexibility index (Phi) is 2.94. The zero-order valence-electron chi connectivity index (χ0n) is 10.8. The summed E-state index contributed by atoms with van der Waals surface area (Å²) < 4.78 is 13.2. The van der Waals surface area contributed by atoms with Gasteiger partial charge in [0.15, 0.2) is 5.69 Å². The van der Waals surface area contributed by atoms with Gasteiger partial charge in [0.1, 0.15) is 11.5 Å². The van der Waals surface area contributed by atoms with Crippen LogP contribution in [0.25, 0.3) is 10.9 Å². The summed E-state index contributed by atoms with van der Waals surface area (Å²) in [5, 5.41) is 24.8. The molecular weight excluding hydrogens is 279 g/mol. The van der Waals surface area contributed by atoms with Crippen LogP contribution in [0.3, 0.4) is 0 Å². The fourth-order valence-corrected chi connectivity index (χ4v) is 1.76. The van der Waals surface area contributed by atoms with Gasteiger partial charge in [-0.25, -0.2) is 4.39 Å². The highest BCUT2D eigenvalue weighted by molar-refractivity contribution is 5.94. The number of aromatic hydroxyl groups is 1. The van der Waals surface area contributed by atoms with Crippen molar-refractivity contribution >= 4 is 22.5 Å². The summed E-state index contributed by atoms with van der Waals surface area (Å²) >= 11 is 0. The van der Waals surface area contributed by atoms with E-state index < -0.39 is 11.4 Å². The average molecular weight is 288 g/mol. The number of aromatic nitrogens is 4. The van der Waals surface area contributed by atoms with Gasteiger partial charge in [-0.1, -0.05) is 0 Å². The van der Waals surface area contributed by atoms with E-state index in [4.69, 9.17) is 0 Å². The molecule has 3 N–H and O–H groups in total. The van der Waals surface area contributed by atoms with Gasteiger partial charge in [-0.15, -0.1) is 20.4 Å². The monoisotopic (exact) mass is 288 g/mol. The molecule has 0 bridgehead atoms. The first-order chi connectivity index (χ1) is 10.0. The molecule has 9 heteroatoms. The van der Waals surface area contributed by atoms with Gasteiger partial charge >= 0.3 is 0 Å². The lowest BCUT2D eigenvalue weighted by Crippen LogP contribution is -2.12. The van der Waals surface area contributed by atoms with Crippen LogP contribution in [0.1, 0.15) is 5.69 Å². The predicted molar refractivity (Wildman–Crippen MR) is 71.5 cm³/mol. The fraction of sp³-hybridized carbons (Fsp3) is 0.0833. The average Bonchev–Trinajstić information content (AvgIpc) is 2.75. The van der Waals surface area contributed by atoms with Crippen LogP contribution in [0.4, 0.5) is 16.0 Å². The molecule has 0 saturated carbocycles. The normalized spacial score (nSPS) is 11.5. The third-order valence-electron chi connectivity index (χ3n) is 2.81. The molecule has 0 saturated heterocycles. The van der Waals surface area contributed by atoms with E-state index in [0.717, 1.165) is 0 Å². The Bertz CT molecular complexity index is 914. The summed E-state index contributed by atoms with van der Waals surface area (Å²) in [7, 11) is 0. The van der Waals surface area contributed by atoms with Gasteiger partial charge in [0.2, 0.25) is 5.88 Å². The highest BCUT2D eigenvalue weighted by Gasteiger charge is 2.11. The molecule has 0 fully saturated rings. The number of hydrogen-bond donors (Lipinski definition) is 3. The molecule has 8 nitrogen and oxygen atoms in total. The molecule has 2 heterocycles. The second kappa shape index (κ2) is 4.78. The Labute approximate surface area is 116 Å². The number of fused-ring (bicyclic) bond motifs is 1. The number of hydrogen-bond acceptors (Lipinski definition) is 6. The Balaban J connectivity index is 2.06. The molecule has 3 aromatic rings. The number of benzene rings is 1. The zero-order chi connectivity index (χ0) is 15.0. The number of nitrogens with zero attached hydrogens (tertiary/aromatic N) is 4. The van der Waals surface area contributed by atoms with Crippen LogP contribution in [-0.4, -0.2) is 25.3 Å². The molecule has 0 radical (unpaired) electrons. The van der Waals surface area contributed by atoms with Crippen molar-refractivity contribution in [3.05, 3.63) is 40.1 Å².